The molecule has 0 saturated heterocycles. The summed E-state index contributed by atoms with van der Waals surface area (Å²) in [4.78, 5) is 14.1. The Balaban J connectivity index is 1.71. The van der Waals surface area contributed by atoms with Gasteiger partial charge in [0, 0.05) is 11.4 Å². The van der Waals surface area contributed by atoms with Gasteiger partial charge < -0.3 is 20.7 Å². The second-order valence-electron chi connectivity index (χ2n) is 4.91. The van der Waals surface area contributed by atoms with Crippen LogP contribution in [0.3, 0.4) is 0 Å². The highest BCUT2D eigenvalue weighted by atomic mass is 16.5. The van der Waals surface area contributed by atoms with Crippen molar-refractivity contribution in [2.45, 2.75) is 0 Å². The monoisotopic (exact) mass is 283 g/mol. The number of nitrogens with zero attached hydrogens (tertiary/aromatic N) is 1. The number of anilines is 3. The Labute approximate surface area is 123 Å². The predicted molar refractivity (Wildman–Crippen MR) is 83.6 cm³/mol. The first kappa shape index (κ1) is 13.3. The number of rotatable bonds is 3. The summed E-state index contributed by atoms with van der Waals surface area (Å²) in [7, 11) is 0. The molecule has 1 aliphatic heterocycles. The molecule has 0 saturated carbocycles. The van der Waals surface area contributed by atoms with Crippen LogP contribution in [0.1, 0.15) is 0 Å². The number of para-hydroxylation sites is 1. The zero-order chi connectivity index (χ0) is 14.7. The number of ether oxygens (including phenoxy) is 1. The molecule has 0 spiro atoms. The largest absolute Gasteiger partial charge is 0.490 e. The molecule has 0 aromatic heterocycles. The highest BCUT2D eigenvalue weighted by Crippen LogP contribution is 2.33. The van der Waals surface area contributed by atoms with Gasteiger partial charge in [0.15, 0.2) is 0 Å². The van der Waals surface area contributed by atoms with E-state index in [1.807, 2.05) is 47.4 Å². The van der Waals surface area contributed by atoms with Gasteiger partial charge in [-0.3, -0.25) is 4.79 Å². The van der Waals surface area contributed by atoms with E-state index in [2.05, 4.69) is 5.32 Å². The number of hydrogen-bond acceptors (Lipinski definition) is 4. The molecule has 3 rings (SSSR count). The van der Waals surface area contributed by atoms with Gasteiger partial charge >= 0.3 is 0 Å². The molecule has 21 heavy (non-hydrogen) atoms. The van der Waals surface area contributed by atoms with Crippen molar-refractivity contribution in [3.8, 4) is 5.75 Å². The van der Waals surface area contributed by atoms with E-state index in [9.17, 15) is 4.79 Å². The zero-order valence-electron chi connectivity index (χ0n) is 11.6. The third-order valence-corrected chi connectivity index (χ3v) is 3.33. The van der Waals surface area contributed by atoms with E-state index >= 15 is 0 Å². The van der Waals surface area contributed by atoms with Crippen LogP contribution >= 0.6 is 0 Å². The van der Waals surface area contributed by atoms with E-state index in [0.29, 0.717) is 18.8 Å². The fourth-order valence-corrected chi connectivity index (χ4v) is 2.35. The molecule has 0 radical (unpaired) electrons. The summed E-state index contributed by atoms with van der Waals surface area (Å²) in [6, 6.07) is 14.9. The molecule has 3 N–H and O–H groups in total. The lowest BCUT2D eigenvalue weighted by molar-refractivity contribution is -0.115. The van der Waals surface area contributed by atoms with Crippen LogP contribution in [0.15, 0.2) is 48.5 Å². The number of fused-ring (bicyclic) bond motifs is 1. The Morgan fingerprint density at radius 1 is 1.24 bits per heavy atom. The van der Waals surface area contributed by atoms with Crippen LogP contribution in [-0.4, -0.2) is 25.6 Å². The summed E-state index contributed by atoms with van der Waals surface area (Å²) in [6.07, 6.45) is 0. The molecular formula is C16H17N3O2. The van der Waals surface area contributed by atoms with Crippen LogP contribution in [0.2, 0.25) is 0 Å². The lowest BCUT2D eigenvalue weighted by atomic mass is 10.2. The van der Waals surface area contributed by atoms with Crippen LogP contribution in [0.25, 0.3) is 0 Å². The minimum atomic E-state index is -0.0588. The summed E-state index contributed by atoms with van der Waals surface area (Å²) < 4.78 is 5.58. The first-order chi connectivity index (χ1) is 10.2. The molecule has 5 heteroatoms. The molecule has 2 aromatic rings. The second kappa shape index (κ2) is 5.75. The van der Waals surface area contributed by atoms with Crippen LogP contribution < -0.4 is 20.7 Å². The maximum atomic E-state index is 12.2. The Hall–Kier alpha value is -2.69. The van der Waals surface area contributed by atoms with Gasteiger partial charge in [0.1, 0.15) is 12.4 Å². The minimum absolute atomic E-state index is 0.0588. The minimum Gasteiger partial charge on any atom is -0.490 e. The van der Waals surface area contributed by atoms with Gasteiger partial charge in [-0.15, -0.1) is 0 Å². The Morgan fingerprint density at radius 2 is 2.05 bits per heavy atom. The SMILES string of the molecule is Nc1ccc2c(c1)N(CC(=O)Nc1ccccc1)CCO2. The van der Waals surface area contributed by atoms with Crippen LogP contribution in [0.5, 0.6) is 5.75 Å². The third-order valence-electron chi connectivity index (χ3n) is 3.33. The number of carbonyl (C=O) groups is 1. The van der Waals surface area contributed by atoms with Crippen molar-refractivity contribution in [2.75, 3.05) is 35.6 Å². The molecule has 5 nitrogen and oxygen atoms in total. The summed E-state index contributed by atoms with van der Waals surface area (Å²) in [6.45, 7) is 1.50. The van der Waals surface area contributed by atoms with E-state index in [-0.39, 0.29) is 12.5 Å². The molecular weight excluding hydrogens is 266 g/mol. The molecule has 0 unspecified atom stereocenters. The summed E-state index contributed by atoms with van der Waals surface area (Å²) in [5.41, 5.74) is 8.14. The Bertz CT molecular complexity index is 643. The fraction of sp³-hybridized carbons (Fsp3) is 0.188. The van der Waals surface area contributed by atoms with Crippen molar-refractivity contribution in [1.82, 2.24) is 0 Å². The van der Waals surface area contributed by atoms with Crippen LogP contribution in [-0.2, 0) is 4.79 Å². The smallest absolute Gasteiger partial charge is 0.243 e. The van der Waals surface area contributed by atoms with Gasteiger partial charge in [0.05, 0.1) is 18.8 Å². The van der Waals surface area contributed by atoms with Crippen molar-refractivity contribution < 1.29 is 9.53 Å². The number of benzene rings is 2. The molecule has 0 aliphatic carbocycles. The molecule has 0 atom stereocenters. The molecule has 0 bridgehead atoms. The molecule has 1 amide bonds. The van der Waals surface area contributed by atoms with Gasteiger partial charge in [0.2, 0.25) is 5.91 Å². The van der Waals surface area contributed by atoms with E-state index in [1.54, 1.807) is 6.07 Å². The van der Waals surface area contributed by atoms with Gasteiger partial charge in [-0.05, 0) is 30.3 Å². The lowest BCUT2D eigenvalue weighted by Crippen LogP contribution is -2.38. The highest BCUT2D eigenvalue weighted by molar-refractivity contribution is 5.94. The molecule has 1 aliphatic rings. The third kappa shape index (κ3) is 3.08. The van der Waals surface area contributed by atoms with Crippen molar-refractivity contribution in [3.63, 3.8) is 0 Å². The first-order valence-corrected chi connectivity index (χ1v) is 6.84. The number of nitrogens with one attached hydrogen (secondary N) is 1. The fourth-order valence-electron chi connectivity index (χ4n) is 2.35. The van der Waals surface area contributed by atoms with Gasteiger partial charge in [-0.1, -0.05) is 18.2 Å². The average molecular weight is 283 g/mol. The second-order valence-corrected chi connectivity index (χ2v) is 4.91. The van der Waals surface area contributed by atoms with Crippen molar-refractivity contribution in [1.29, 1.82) is 0 Å². The van der Waals surface area contributed by atoms with Crippen LogP contribution in [0.4, 0.5) is 17.1 Å². The number of nitrogen functional groups attached to an aromatic ring is 1. The van der Waals surface area contributed by atoms with Crippen molar-refractivity contribution in [3.05, 3.63) is 48.5 Å². The standard InChI is InChI=1S/C16H17N3O2/c17-12-6-7-15-14(10-12)19(8-9-21-15)11-16(20)18-13-4-2-1-3-5-13/h1-7,10H,8-9,11,17H2,(H,18,20). The first-order valence-electron chi connectivity index (χ1n) is 6.84. The van der Waals surface area contributed by atoms with E-state index < -0.39 is 0 Å². The summed E-state index contributed by atoms with van der Waals surface area (Å²) in [5.74, 6) is 0.708. The van der Waals surface area contributed by atoms with Crippen molar-refractivity contribution in [2.24, 2.45) is 0 Å². The highest BCUT2D eigenvalue weighted by Gasteiger charge is 2.20. The number of hydrogen-bond donors (Lipinski definition) is 2. The maximum absolute atomic E-state index is 12.2. The number of carbonyl (C=O) groups excluding carboxylic acids is 1. The van der Waals surface area contributed by atoms with Crippen molar-refractivity contribution >= 4 is 23.0 Å². The molecule has 108 valence electrons. The average Bonchev–Trinajstić information content (AvgIpc) is 2.49. The summed E-state index contributed by atoms with van der Waals surface area (Å²) in [5, 5.41) is 2.88. The number of amides is 1. The topological polar surface area (TPSA) is 67.6 Å². The van der Waals surface area contributed by atoms with E-state index in [1.165, 1.54) is 0 Å². The van der Waals surface area contributed by atoms with Gasteiger partial charge in [-0.25, -0.2) is 0 Å². The predicted octanol–water partition coefficient (Wildman–Crippen LogP) is 2.11. The maximum Gasteiger partial charge on any atom is 0.243 e. The van der Waals surface area contributed by atoms with Crippen LogP contribution in [0, 0.1) is 0 Å². The summed E-state index contributed by atoms with van der Waals surface area (Å²) >= 11 is 0. The van der Waals surface area contributed by atoms with E-state index in [0.717, 1.165) is 17.1 Å². The Kier molecular flexibility index (Phi) is 3.64. The molecule has 1 heterocycles. The quantitative estimate of drug-likeness (QED) is 0.847. The van der Waals surface area contributed by atoms with E-state index in [4.69, 9.17) is 10.5 Å². The van der Waals surface area contributed by atoms with Gasteiger partial charge in [0.25, 0.3) is 0 Å². The van der Waals surface area contributed by atoms with Gasteiger partial charge in [-0.2, -0.15) is 0 Å². The zero-order valence-corrected chi connectivity index (χ0v) is 11.6. The Morgan fingerprint density at radius 3 is 2.86 bits per heavy atom. The molecule has 2 aromatic carbocycles. The number of nitrogens with two attached hydrogens (primary N) is 1. The molecule has 0 fully saturated rings. The lowest BCUT2D eigenvalue weighted by Gasteiger charge is -2.30. The normalized spacial score (nSPS) is 13.2.